The van der Waals surface area contributed by atoms with E-state index in [0.717, 1.165) is 17.7 Å². The van der Waals surface area contributed by atoms with Crippen LogP contribution in [0.25, 0.3) is 11.1 Å². The van der Waals surface area contributed by atoms with Gasteiger partial charge in [-0.3, -0.25) is 0 Å². The van der Waals surface area contributed by atoms with E-state index in [2.05, 4.69) is 0 Å². The van der Waals surface area contributed by atoms with Crippen molar-refractivity contribution < 1.29 is 22.7 Å². The molecule has 0 bridgehead atoms. The van der Waals surface area contributed by atoms with Crippen LogP contribution < -0.4 is 0 Å². The molecule has 0 fully saturated rings. The maximum absolute atomic E-state index is 13.5. The number of benzene rings is 2. The summed E-state index contributed by atoms with van der Waals surface area (Å²) < 4.78 is 50.8. The summed E-state index contributed by atoms with van der Waals surface area (Å²) in [6.07, 6.45) is -4.72. The number of aryl methyl sites for hydroxylation is 1. The molecule has 2 rings (SSSR count). The fourth-order valence-electron chi connectivity index (χ4n) is 1.79. The van der Waals surface area contributed by atoms with Crippen molar-refractivity contribution in [2.75, 3.05) is 0 Å². The molecule has 0 saturated heterocycles. The summed E-state index contributed by atoms with van der Waals surface area (Å²) in [7, 11) is 0. The Bertz CT molecular complexity index is 617. The SMILES string of the molecule is Cc1ccc(O)c(-c2ccc(C(F)(F)F)c(F)c2)c1. The minimum absolute atomic E-state index is 0.107. The van der Waals surface area contributed by atoms with Crippen molar-refractivity contribution in [1.29, 1.82) is 0 Å². The summed E-state index contributed by atoms with van der Waals surface area (Å²) in [5.41, 5.74) is -0.00387. The Morgan fingerprint density at radius 1 is 1.00 bits per heavy atom. The van der Waals surface area contributed by atoms with Gasteiger partial charge < -0.3 is 5.11 Å². The van der Waals surface area contributed by atoms with Crippen LogP contribution in [0.2, 0.25) is 0 Å². The van der Waals surface area contributed by atoms with Crippen molar-refractivity contribution in [1.82, 2.24) is 0 Å². The zero-order chi connectivity index (χ0) is 14.2. The molecule has 2 aromatic rings. The molecule has 5 heteroatoms. The Balaban J connectivity index is 2.54. The second-order valence-corrected chi connectivity index (χ2v) is 4.21. The lowest BCUT2D eigenvalue weighted by molar-refractivity contribution is -0.139. The lowest BCUT2D eigenvalue weighted by atomic mass is 10.0. The highest BCUT2D eigenvalue weighted by molar-refractivity contribution is 5.71. The van der Waals surface area contributed by atoms with Crippen LogP contribution in [0.4, 0.5) is 17.6 Å². The summed E-state index contributed by atoms with van der Waals surface area (Å²) in [6.45, 7) is 1.77. The number of halogens is 4. The first kappa shape index (κ1) is 13.4. The number of hydrogen-bond donors (Lipinski definition) is 1. The van der Waals surface area contributed by atoms with Gasteiger partial charge in [-0.25, -0.2) is 4.39 Å². The smallest absolute Gasteiger partial charge is 0.419 e. The van der Waals surface area contributed by atoms with Gasteiger partial charge in [0.2, 0.25) is 0 Å². The molecule has 0 radical (unpaired) electrons. The van der Waals surface area contributed by atoms with E-state index in [1.165, 1.54) is 6.07 Å². The number of aromatic hydroxyl groups is 1. The molecule has 1 N–H and O–H groups in total. The molecule has 0 heterocycles. The third-order valence-electron chi connectivity index (χ3n) is 2.74. The van der Waals surface area contributed by atoms with Gasteiger partial charge in [0.1, 0.15) is 11.6 Å². The van der Waals surface area contributed by atoms with E-state index in [0.29, 0.717) is 11.6 Å². The van der Waals surface area contributed by atoms with Gasteiger partial charge >= 0.3 is 6.18 Å². The topological polar surface area (TPSA) is 20.2 Å². The molecule has 0 aliphatic carbocycles. The summed E-state index contributed by atoms with van der Waals surface area (Å²) in [5, 5.41) is 9.66. The highest BCUT2D eigenvalue weighted by Crippen LogP contribution is 2.35. The summed E-state index contributed by atoms with van der Waals surface area (Å²) in [5.74, 6) is -1.46. The standard InChI is InChI=1S/C14H10F4O/c1-8-2-5-13(19)10(6-8)9-3-4-11(12(15)7-9)14(16,17)18/h2-7,19H,1H3. The first-order valence-electron chi connectivity index (χ1n) is 5.46. The lowest BCUT2D eigenvalue weighted by Crippen LogP contribution is -2.07. The van der Waals surface area contributed by atoms with Gasteiger partial charge in [0, 0.05) is 5.56 Å². The first-order valence-corrected chi connectivity index (χ1v) is 5.46. The molecular weight excluding hydrogens is 260 g/mol. The summed E-state index contributed by atoms with van der Waals surface area (Å²) in [6, 6.07) is 7.24. The molecular formula is C14H10F4O. The van der Waals surface area contributed by atoms with E-state index in [4.69, 9.17) is 0 Å². The Hall–Kier alpha value is -2.04. The molecule has 100 valence electrons. The van der Waals surface area contributed by atoms with Crippen molar-refractivity contribution in [3.05, 3.63) is 53.3 Å². The average Bonchev–Trinajstić information content (AvgIpc) is 2.30. The van der Waals surface area contributed by atoms with Crippen molar-refractivity contribution >= 4 is 0 Å². The molecule has 0 atom stereocenters. The lowest BCUT2D eigenvalue weighted by Gasteiger charge is -2.10. The first-order chi connectivity index (χ1) is 8.79. The van der Waals surface area contributed by atoms with Crippen LogP contribution in [0.3, 0.4) is 0 Å². The second kappa shape index (κ2) is 4.57. The van der Waals surface area contributed by atoms with Gasteiger partial charge in [-0.05, 0) is 36.8 Å². The zero-order valence-corrected chi connectivity index (χ0v) is 9.92. The van der Waals surface area contributed by atoms with Gasteiger partial charge in [0.05, 0.1) is 5.56 Å². The van der Waals surface area contributed by atoms with Crippen LogP contribution in [0.1, 0.15) is 11.1 Å². The summed E-state index contributed by atoms with van der Waals surface area (Å²) in [4.78, 5) is 0. The van der Waals surface area contributed by atoms with Crippen LogP contribution in [0, 0.1) is 12.7 Å². The normalized spacial score (nSPS) is 11.6. The summed E-state index contributed by atoms with van der Waals surface area (Å²) >= 11 is 0. The van der Waals surface area contributed by atoms with E-state index in [1.807, 2.05) is 0 Å². The molecule has 0 unspecified atom stereocenters. The fraction of sp³-hybridized carbons (Fsp3) is 0.143. The van der Waals surface area contributed by atoms with E-state index in [-0.39, 0.29) is 11.3 Å². The molecule has 0 amide bonds. The molecule has 19 heavy (non-hydrogen) atoms. The molecule has 0 aliphatic heterocycles. The quantitative estimate of drug-likeness (QED) is 0.755. The Labute approximate surface area is 107 Å². The van der Waals surface area contributed by atoms with E-state index in [1.54, 1.807) is 19.1 Å². The molecule has 1 nitrogen and oxygen atoms in total. The maximum atomic E-state index is 13.5. The minimum Gasteiger partial charge on any atom is -0.507 e. The van der Waals surface area contributed by atoms with Crippen molar-refractivity contribution in [2.45, 2.75) is 13.1 Å². The van der Waals surface area contributed by atoms with Crippen molar-refractivity contribution in [3.8, 4) is 16.9 Å². The molecule has 0 saturated carbocycles. The molecule has 0 aromatic heterocycles. The monoisotopic (exact) mass is 270 g/mol. The number of phenols is 1. The number of phenolic OH excluding ortho intramolecular Hbond substituents is 1. The Kier molecular flexibility index (Phi) is 3.22. The zero-order valence-electron chi connectivity index (χ0n) is 9.92. The van der Waals surface area contributed by atoms with Crippen LogP contribution in [-0.4, -0.2) is 5.11 Å². The third-order valence-corrected chi connectivity index (χ3v) is 2.74. The van der Waals surface area contributed by atoms with Gasteiger partial charge in [-0.15, -0.1) is 0 Å². The van der Waals surface area contributed by atoms with Crippen LogP contribution in [0.15, 0.2) is 36.4 Å². The second-order valence-electron chi connectivity index (χ2n) is 4.21. The minimum atomic E-state index is -4.72. The largest absolute Gasteiger partial charge is 0.507 e. The van der Waals surface area contributed by atoms with Gasteiger partial charge in [-0.1, -0.05) is 17.7 Å². The Morgan fingerprint density at radius 2 is 1.68 bits per heavy atom. The van der Waals surface area contributed by atoms with E-state index >= 15 is 0 Å². The number of hydrogen-bond acceptors (Lipinski definition) is 1. The predicted molar refractivity (Wildman–Crippen MR) is 63.2 cm³/mol. The highest BCUT2D eigenvalue weighted by Gasteiger charge is 2.34. The fourth-order valence-corrected chi connectivity index (χ4v) is 1.79. The number of alkyl halides is 3. The van der Waals surface area contributed by atoms with E-state index < -0.39 is 17.6 Å². The van der Waals surface area contributed by atoms with E-state index in [9.17, 15) is 22.7 Å². The maximum Gasteiger partial charge on any atom is 0.419 e. The predicted octanol–water partition coefficient (Wildman–Crippen LogP) is 4.53. The van der Waals surface area contributed by atoms with Crippen LogP contribution in [0.5, 0.6) is 5.75 Å². The molecule has 0 spiro atoms. The average molecular weight is 270 g/mol. The third kappa shape index (κ3) is 2.70. The van der Waals surface area contributed by atoms with Gasteiger partial charge in [0.25, 0.3) is 0 Å². The van der Waals surface area contributed by atoms with Crippen LogP contribution in [-0.2, 0) is 6.18 Å². The van der Waals surface area contributed by atoms with Crippen LogP contribution >= 0.6 is 0 Å². The van der Waals surface area contributed by atoms with Crippen molar-refractivity contribution in [3.63, 3.8) is 0 Å². The van der Waals surface area contributed by atoms with Crippen molar-refractivity contribution in [2.24, 2.45) is 0 Å². The molecule has 2 aromatic carbocycles. The van der Waals surface area contributed by atoms with Gasteiger partial charge in [0.15, 0.2) is 0 Å². The Morgan fingerprint density at radius 3 is 2.26 bits per heavy atom. The highest BCUT2D eigenvalue weighted by atomic mass is 19.4. The van der Waals surface area contributed by atoms with Gasteiger partial charge in [-0.2, -0.15) is 13.2 Å². The molecule has 0 aliphatic rings. The number of rotatable bonds is 1.